The molecule has 0 saturated carbocycles. The van der Waals surface area contributed by atoms with Crippen LogP contribution in [0.2, 0.25) is 0 Å². The van der Waals surface area contributed by atoms with Gasteiger partial charge in [0, 0.05) is 51.6 Å². The van der Waals surface area contributed by atoms with Crippen LogP contribution in [0.5, 0.6) is 5.75 Å². The highest BCUT2D eigenvalue weighted by Gasteiger charge is 2.38. The summed E-state index contributed by atoms with van der Waals surface area (Å²) < 4.78 is 51.8. The molecule has 2 heterocycles. The minimum atomic E-state index is -4.12. The Bertz CT molecular complexity index is 811. The zero-order chi connectivity index (χ0) is 19.6. The van der Waals surface area contributed by atoms with Crippen molar-refractivity contribution >= 4 is 27.5 Å². The van der Waals surface area contributed by atoms with Gasteiger partial charge in [0.2, 0.25) is 0 Å². The van der Waals surface area contributed by atoms with E-state index in [1.54, 1.807) is 13.2 Å². The third kappa shape index (κ3) is 4.09. The molecule has 1 N–H and O–H groups in total. The summed E-state index contributed by atoms with van der Waals surface area (Å²) in [5.74, 6) is -1.41. The van der Waals surface area contributed by atoms with Crippen LogP contribution in [0.3, 0.4) is 0 Å². The molecule has 1 amide bonds. The minimum absolute atomic E-state index is 0.0619. The highest BCUT2D eigenvalue weighted by atomic mass is 32.2. The van der Waals surface area contributed by atoms with Gasteiger partial charge in [-0.1, -0.05) is 0 Å². The Morgan fingerprint density at radius 3 is 2.44 bits per heavy atom. The maximum atomic E-state index is 14.8. The molecule has 0 radical (unpaired) electrons. The second kappa shape index (κ2) is 7.87. The first-order valence-electron chi connectivity index (χ1n) is 8.53. The number of nitrogens with one attached hydrogen (secondary N) is 1. The molecule has 2 aliphatic heterocycles. The first-order valence-corrected chi connectivity index (χ1v) is 9.97. The average Bonchev–Trinajstić information content (AvgIpc) is 2.91. The summed E-state index contributed by atoms with van der Waals surface area (Å²) in [5.41, 5.74) is 0.341. The molecular formula is C16H23FN4O5S. The normalized spacial score (nSPS) is 20.0. The lowest BCUT2D eigenvalue weighted by atomic mass is 10.2. The van der Waals surface area contributed by atoms with E-state index in [0.29, 0.717) is 29.7 Å². The van der Waals surface area contributed by atoms with Gasteiger partial charge in [0.25, 0.3) is 5.91 Å². The zero-order valence-electron chi connectivity index (χ0n) is 15.3. The fraction of sp³-hybridized carbons (Fsp3) is 0.562. The quantitative estimate of drug-likeness (QED) is 0.704. The monoisotopic (exact) mass is 402 g/mol. The maximum absolute atomic E-state index is 14.8. The summed E-state index contributed by atoms with van der Waals surface area (Å²) in [6, 6.07) is 2.88. The Morgan fingerprint density at radius 1 is 1.19 bits per heavy atom. The highest BCUT2D eigenvalue weighted by molar-refractivity contribution is 7.92. The lowest BCUT2D eigenvalue weighted by Crippen LogP contribution is -2.47. The largest absolute Gasteiger partial charge is 0.494 e. The molecule has 0 atom stereocenters. The zero-order valence-corrected chi connectivity index (χ0v) is 16.1. The van der Waals surface area contributed by atoms with Crippen molar-refractivity contribution in [3.63, 3.8) is 0 Å². The molecule has 11 heteroatoms. The number of piperazine rings is 1. The van der Waals surface area contributed by atoms with Crippen LogP contribution in [0.15, 0.2) is 12.1 Å². The van der Waals surface area contributed by atoms with Gasteiger partial charge in [0.15, 0.2) is 5.82 Å². The Hall–Kier alpha value is -2.11. The topological polar surface area (TPSA) is 91.4 Å². The van der Waals surface area contributed by atoms with Crippen LogP contribution in [0.25, 0.3) is 0 Å². The van der Waals surface area contributed by atoms with Crippen LogP contribution >= 0.6 is 0 Å². The molecule has 1 aromatic carbocycles. The van der Waals surface area contributed by atoms with E-state index >= 15 is 0 Å². The third-order valence-electron chi connectivity index (χ3n) is 4.65. The van der Waals surface area contributed by atoms with Crippen molar-refractivity contribution in [3.05, 3.63) is 17.9 Å². The lowest BCUT2D eigenvalue weighted by Gasteiger charge is -2.36. The van der Waals surface area contributed by atoms with Crippen molar-refractivity contribution < 1.29 is 27.1 Å². The average molecular weight is 402 g/mol. The van der Waals surface area contributed by atoms with Gasteiger partial charge in [-0.25, -0.2) is 13.4 Å². The van der Waals surface area contributed by atoms with Crippen molar-refractivity contribution in [2.45, 2.75) is 0 Å². The summed E-state index contributed by atoms with van der Waals surface area (Å²) in [5, 5.41) is 0. The number of hydrogen-bond acceptors (Lipinski definition) is 7. The van der Waals surface area contributed by atoms with E-state index < -0.39 is 28.5 Å². The number of carbonyl (C=O) groups is 1. The molecule has 3 rings (SSSR count). The van der Waals surface area contributed by atoms with Gasteiger partial charge in [-0.15, -0.1) is 0 Å². The van der Waals surface area contributed by atoms with Crippen molar-refractivity contribution in [2.75, 3.05) is 69.3 Å². The summed E-state index contributed by atoms with van der Waals surface area (Å²) in [6.45, 7) is 4.06. The van der Waals surface area contributed by atoms with Crippen LogP contribution in [0.4, 0.5) is 15.8 Å². The van der Waals surface area contributed by atoms with E-state index in [2.05, 4.69) is 4.90 Å². The molecule has 0 unspecified atom stereocenters. The fourth-order valence-electron chi connectivity index (χ4n) is 3.24. The maximum Gasteiger partial charge on any atom is 0.326 e. The van der Waals surface area contributed by atoms with Gasteiger partial charge in [-0.2, -0.15) is 8.42 Å². The van der Waals surface area contributed by atoms with Crippen LogP contribution in [-0.4, -0.2) is 79.3 Å². The van der Waals surface area contributed by atoms with E-state index in [0.717, 1.165) is 19.6 Å². The first kappa shape index (κ1) is 19.6. The van der Waals surface area contributed by atoms with Crippen LogP contribution in [0.1, 0.15) is 0 Å². The molecule has 2 saturated heterocycles. The summed E-state index contributed by atoms with van der Waals surface area (Å²) in [4.78, 5) is 15.7. The molecule has 27 heavy (non-hydrogen) atoms. The predicted octanol–water partition coefficient (Wildman–Crippen LogP) is -0.216. The standard InChI is InChI=1S/C16H23FN4O5S/c1-25-8-7-19-3-5-20(6-4-19)12-9-13(17)16(14(10-12)26-2)21-11-15(22)18-27(21,23)24/h9-10H,3-8,11H2,1-2H3,(H,18,22). The number of amides is 1. The lowest BCUT2D eigenvalue weighted by molar-refractivity contribution is -0.117. The van der Waals surface area contributed by atoms with Gasteiger partial charge in [-0.05, 0) is 6.07 Å². The number of benzene rings is 1. The first-order chi connectivity index (χ1) is 12.9. The van der Waals surface area contributed by atoms with E-state index in [1.165, 1.54) is 13.2 Å². The van der Waals surface area contributed by atoms with Crippen LogP contribution in [0, 0.1) is 5.82 Å². The molecule has 2 fully saturated rings. The molecule has 0 aliphatic carbocycles. The molecule has 0 spiro atoms. The number of ether oxygens (including phenoxy) is 2. The second-order valence-electron chi connectivity index (χ2n) is 6.34. The number of methoxy groups -OCH3 is 2. The van der Waals surface area contributed by atoms with E-state index in [-0.39, 0.29) is 11.4 Å². The summed E-state index contributed by atoms with van der Waals surface area (Å²) >= 11 is 0. The van der Waals surface area contributed by atoms with Gasteiger partial charge >= 0.3 is 10.2 Å². The number of carbonyl (C=O) groups excluding carboxylic acids is 1. The molecule has 2 aliphatic rings. The predicted molar refractivity (Wildman–Crippen MR) is 97.9 cm³/mol. The number of halogens is 1. The van der Waals surface area contributed by atoms with Gasteiger partial charge in [0.1, 0.15) is 18.0 Å². The molecule has 0 aromatic heterocycles. The Morgan fingerprint density at radius 2 is 1.89 bits per heavy atom. The smallest absolute Gasteiger partial charge is 0.326 e. The van der Waals surface area contributed by atoms with E-state index in [1.807, 2.05) is 9.62 Å². The Balaban J connectivity index is 1.82. The fourth-order valence-corrected chi connectivity index (χ4v) is 4.40. The molecular weight excluding hydrogens is 379 g/mol. The van der Waals surface area contributed by atoms with Gasteiger partial charge in [0.05, 0.1) is 13.7 Å². The molecule has 9 nitrogen and oxygen atoms in total. The van der Waals surface area contributed by atoms with Gasteiger partial charge in [-0.3, -0.25) is 9.69 Å². The Kier molecular flexibility index (Phi) is 5.72. The summed E-state index contributed by atoms with van der Waals surface area (Å²) in [7, 11) is -1.12. The highest BCUT2D eigenvalue weighted by Crippen LogP contribution is 2.38. The molecule has 1 aromatic rings. The summed E-state index contributed by atoms with van der Waals surface area (Å²) in [6.07, 6.45) is 0. The molecule has 0 bridgehead atoms. The molecule has 150 valence electrons. The number of anilines is 2. The van der Waals surface area contributed by atoms with E-state index in [4.69, 9.17) is 9.47 Å². The third-order valence-corrected chi connectivity index (χ3v) is 6.03. The van der Waals surface area contributed by atoms with Crippen molar-refractivity contribution in [1.29, 1.82) is 0 Å². The SMILES string of the molecule is COCCN1CCN(c2cc(F)c(N3CC(=O)NS3(=O)=O)c(OC)c2)CC1. The van der Waals surface area contributed by atoms with Crippen molar-refractivity contribution in [3.8, 4) is 5.75 Å². The minimum Gasteiger partial charge on any atom is -0.494 e. The number of nitrogens with zero attached hydrogens (tertiary/aromatic N) is 3. The van der Waals surface area contributed by atoms with Crippen LogP contribution in [-0.2, 0) is 19.7 Å². The van der Waals surface area contributed by atoms with Crippen molar-refractivity contribution in [2.24, 2.45) is 0 Å². The Labute approximate surface area is 157 Å². The van der Waals surface area contributed by atoms with Crippen molar-refractivity contribution in [1.82, 2.24) is 9.62 Å². The number of hydrogen-bond donors (Lipinski definition) is 1. The van der Waals surface area contributed by atoms with Crippen LogP contribution < -0.4 is 18.7 Å². The second-order valence-corrected chi connectivity index (χ2v) is 7.93. The van der Waals surface area contributed by atoms with Gasteiger partial charge < -0.3 is 14.4 Å². The van der Waals surface area contributed by atoms with E-state index in [9.17, 15) is 17.6 Å². The number of rotatable bonds is 6.